The predicted molar refractivity (Wildman–Crippen MR) is 86.9 cm³/mol. The molecule has 2 heteroatoms. The van der Waals surface area contributed by atoms with Crippen molar-refractivity contribution in [3.63, 3.8) is 0 Å². The number of rotatable bonds is 6. The summed E-state index contributed by atoms with van der Waals surface area (Å²) in [5.41, 5.74) is 1.40. The highest BCUT2D eigenvalue weighted by molar-refractivity contribution is 5.21. The third kappa shape index (κ3) is 3.42. The van der Waals surface area contributed by atoms with Crippen LogP contribution in [-0.2, 0) is 0 Å². The molecule has 0 bridgehead atoms. The molecule has 1 aliphatic carbocycles. The first-order valence-corrected chi connectivity index (χ1v) is 8.09. The van der Waals surface area contributed by atoms with Crippen LogP contribution in [0, 0.1) is 5.92 Å². The molecule has 0 amide bonds. The molecule has 20 heavy (non-hydrogen) atoms. The van der Waals surface area contributed by atoms with Gasteiger partial charge >= 0.3 is 0 Å². The van der Waals surface area contributed by atoms with E-state index in [1.807, 2.05) is 0 Å². The molecule has 0 radical (unpaired) electrons. The van der Waals surface area contributed by atoms with Gasteiger partial charge in [0, 0.05) is 18.1 Å². The van der Waals surface area contributed by atoms with E-state index >= 15 is 0 Å². The van der Waals surface area contributed by atoms with Crippen LogP contribution in [0.3, 0.4) is 0 Å². The summed E-state index contributed by atoms with van der Waals surface area (Å²) in [5, 5.41) is 3.56. The molecule has 2 atom stereocenters. The van der Waals surface area contributed by atoms with Gasteiger partial charge in [-0.25, -0.2) is 0 Å². The molecular weight excluding hydrogens is 244 g/mol. The highest BCUT2D eigenvalue weighted by Gasteiger charge is 2.33. The predicted octanol–water partition coefficient (Wildman–Crippen LogP) is 3.85. The van der Waals surface area contributed by atoms with E-state index in [4.69, 9.17) is 0 Å². The third-order valence-electron chi connectivity index (χ3n) is 4.87. The maximum Gasteiger partial charge on any atom is 0.0478 e. The molecule has 0 spiro atoms. The van der Waals surface area contributed by atoms with Crippen molar-refractivity contribution in [3.8, 4) is 0 Å². The van der Waals surface area contributed by atoms with Gasteiger partial charge in [0.2, 0.25) is 0 Å². The first-order chi connectivity index (χ1) is 9.65. The molecule has 1 aromatic rings. The first-order valence-electron chi connectivity index (χ1n) is 8.09. The molecule has 1 saturated carbocycles. The largest absolute Gasteiger partial charge is 0.312 e. The van der Waals surface area contributed by atoms with E-state index < -0.39 is 0 Å². The van der Waals surface area contributed by atoms with E-state index in [9.17, 15) is 0 Å². The molecule has 2 nitrogen and oxygen atoms in total. The minimum atomic E-state index is 0.404. The Balaban J connectivity index is 2.21. The van der Waals surface area contributed by atoms with Crippen molar-refractivity contribution in [2.75, 3.05) is 14.1 Å². The smallest absolute Gasteiger partial charge is 0.0478 e. The SMILES string of the molecule is CNC(c1ccccc1)C(C(C)C)N(C)C1CCCC1. The Morgan fingerprint density at radius 2 is 1.70 bits per heavy atom. The van der Waals surface area contributed by atoms with E-state index in [2.05, 4.69) is 68.5 Å². The summed E-state index contributed by atoms with van der Waals surface area (Å²) in [5.74, 6) is 0.637. The van der Waals surface area contributed by atoms with Gasteiger partial charge in [-0.1, -0.05) is 57.0 Å². The van der Waals surface area contributed by atoms with Crippen LogP contribution in [0.15, 0.2) is 30.3 Å². The van der Waals surface area contributed by atoms with Gasteiger partial charge in [-0.2, -0.15) is 0 Å². The van der Waals surface area contributed by atoms with Crippen molar-refractivity contribution in [2.24, 2.45) is 5.92 Å². The lowest BCUT2D eigenvalue weighted by Gasteiger charge is -2.41. The van der Waals surface area contributed by atoms with E-state index in [0.717, 1.165) is 6.04 Å². The first kappa shape index (κ1) is 15.5. The molecule has 0 aromatic heterocycles. The summed E-state index contributed by atoms with van der Waals surface area (Å²) in [6.07, 6.45) is 5.53. The van der Waals surface area contributed by atoms with Crippen LogP contribution in [0.4, 0.5) is 0 Å². The van der Waals surface area contributed by atoms with Crippen LogP contribution in [-0.4, -0.2) is 31.1 Å². The van der Waals surface area contributed by atoms with Crippen molar-refractivity contribution >= 4 is 0 Å². The monoisotopic (exact) mass is 274 g/mol. The average Bonchev–Trinajstić information content (AvgIpc) is 2.98. The molecule has 0 aliphatic heterocycles. The van der Waals surface area contributed by atoms with Gasteiger partial charge in [-0.3, -0.25) is 4.90 Å². The zero-order chi connectivity index (χ0) is 14.5. The number of likely N-dealkylation sites (N-methyl/N-ethyl adjacent to an activating group) is 2. The summed E-state index contributed by atoms with van der Waals surface area (Å²) in [6.45, 7) is 4.70. The number of benzene rings is 1. The standard InChI is InChI=1S/C18H30N2/c1-14(2)18(20(4)16-12-8-9-13-16)17(19-3)15-10-6-5-7-11-15/h5-7,10-11,14,16-19H,8-9,12-13H2,1-4H3. The van der Waals surface area contributed by atoms with Gasteiger partial charge in [0.25, 0.3) is 0 Å². The van der Waals surface area contributed by atoms with E-state index in [-0.39, 0.29) is 0 Å². The lowest BCUT2D eigenvalue weighted by Crippen LogP contribution is -2.48. The summed E-state index contributed by atoms with van der Waals surface area (Å²) >= 11 is 0. The molecule has 1 aliphatic rings. The second-order valence-electron chi connectivity index (χ2n) is 6.52. The molecular formula is C18H30N2. The fourth-order valence-corrected chi connectivity index (χ4v) is 3.84. The summed E-state index contributed by atoms with van der Waals surface area (Å²) in [7, 11) is 4.42. The minimum Gasteiger partial charge on any atom is -0.312 e. The summed E-state index contributed by atoms with van der Waals surface area (Å²) < 4.78 is 0. The van der Waals surface area contributed by atoms with Crippen LogP contribution in [0.2, 0.25) is 0 Å². The maximum absolute atomic E-state index is 3.56. The van der Waals surface area contributed by atoms with Crippen molar-refractivity contribution in [1.82, 2.24) is 10.2 Å². The zero-order valence-corrected chi connectivity index (χ0v) is 13.5. The van der Waals surface area contributed by atoms with Gasteiger partial charge in [-0.05, 0) is 38.4 Å². The summed E-state index contributed by atoms with van der Waals surface area (Å²) in [6, 6.07) is 12.6. The number of hydrogen-bond donors (Lipinski definition) is 1. The number of hydrogen-bond acceptors (Lipinski definition) is 2. The van der Waals surface area contributed by atoms with Crippen LogP contribution < -0.4 is 5.32 Å². The lowest BCUT2D eigenvalue weighted by molar-refractivity contribution is 0.105. The molecule has 0 saturated heterocycles. The molecule has 0 heterocycles. The quantitative estimate of drug-likeness (QED) is 0.847. The fraction of sp³-hybridized carbons (Fsp3) is 0.667. The Hall–Kier alpha value is -0.860. The van der Waals surface area contributed by atoms with Crippen molar-refractivity contribution in [2.45, 2.75) is 57.7 Å². The Kier molecular flexibility index (Phi) is 5.62. The lowest BCUT2D eigenvalue weighted by atomic mass is 9.89. The Morgan fingerprint density at radius 3 is 2.20 bits per heavy atom. The molecule has 2 rings (SSSR count). The molecule has 112 valence electrons. The van der Waals surface area contributed by atoms with Gasteiger partial charge in [-0.15, -0.1) is 0 Å². The second kappa shape index (κ2) is 7.24. The van der Waals surface area contributed by atoms with E-state index in [0.29, 0.717) is 18.0 Å². The molecule has 2 unspecified atom stereocenters. The second-order valence-corrected chi connectivity index (χ2v) is 6.52. The maximum atomic E-state index is 3.56. The van der Waals surface area contributed by atoms with Crippen LogP contribution in [0.1, 0.15) is 51.1 Å². The Morgan fingerprint density at radius 1 is 1.10 bits per heavy atom. The Labute approximate surface area is 124 Å². The van der Waals surface area contributed by atoms with Crippen molar-refractivity contribution in [1.29, 1.82) is 0 Å². The Bertz CT molecular complexity index is 382. The van der Waals surface area contributed by atoms with Gasteiger partial charge in [0.1, 0.15) is 0 Å². The van der Waals surface area contributed by atoms with Crippen molar-refractivity contribution in [3.05, 3.63) is 35.9 Å². The average molecular weight is 274 g/mol. The van der Waals surface area contributed by atoms with Gasteiger partial charge < -0.3 is 5.32 Å². The molecule has 1 fully saturated rings. The highest BCUT2D eigenvalue weighted by atomic mass is 15.2. The normalized spacial score (nSPS) is 19.7. The van der Waals surface area contributed by atoms with Gasteiger partial charge in [0.15, 0.2) is 0 Å². The van der Waals surface area contributed by atoms with Crippen molar-refractivity contribution < 1.29 is 0 Å². The van der Waals surface area contributed by atoms with Crippen LogP contribution in [0.5, 0.6) is 0 Å². The topological polar surface area (TPSA) is 15.3 Å². The summed E-state index contributed by atoms with van der Waals surface area (Å²) in [4.78, 5) is 2.64. The minimum absolute atomic E-state index is 0.404. The van der Waals surface area contributed by atoms with E-state index in [1.54, 1.807) is 0 Å². The molecule has 1 N–H and O–H groups in total. The van der Waals surface area contributed by atoms with E-state index in [1.165, 1.54) is 31.2 Å². The molecule has 1 aromatic carbocycles. The number of nitrogens with zero attached hydrogens (tertiary/aromatic N) is 1. The van der Waals surface area contributed by atoms with Crippen LogP contribution in [0.25, 0.3) is 0 Å². The fourth-order valence-electron chi connectivity index (χ4n) is 3.84. The zero-order valence-electron chi connectivity index (χ0n) is 13.5. The number of nitrogens with one attached hydrogen (secondary N) is 1. The third-order valence-corrected chi connectivity index (χ3v) is 4.87. The van der Waals surface area contributed by atoms with Gasteiger partial charge in [0.05, 0.1) is 0 Å². The highest BCUT2D eigenvalue weighted by Crippen LogP contribution is 2.31. The van der Waals surface area contributed by atoms with Crippen LogP contribution >= 0.6 is 0 Å².